The Morgan fingerprint density at radius 3 is 2.94 bits per heavy atom. The number of rotatable bonds is 2. The summed E-state index contributed by atoms with van der Waals surface area (Å²) >= 11 is 5.83. The lowest BCUT2D eigenvalue weighted by molar-refractivity contribution is 0.560. The predicted octanol–water partition coefficient (Wildman–Crippen LogP) is 3.56. The molecular formula is C12H7ClN2O. The number of benzene rings is 1. The average molecular weight is 231 g/mol. The first-order valence-corrected chi connectivity index (χ1v) is 4.94. The lowest BCUT2D eigenvalue weighted by atomic mass is 10.2. The molecule has 0 amide bonds. The number of halogens is 1. The molecule has 0 aliphatic rings. The zero-order valence-electron chi connectivity index (χ0n) is 8.22. The SMILES string of the molecule is N#Cc1ccc(Cl)cc1N=Cc1ccco1. The Hall–Kier alpha value is -2.05. The number of aliphatic imine (C=N–C) groups is 1. The first-order valence-electron chi connectivity index (χ1n) is 4.57. The normalized spacial score (nSPS) is 10.5. The van der Waals surface area contributed by atoms with Crippen molar-refractivity contribution in [3.63, 3.8) is 0 Å². The zero-order valence-corrected chi connectivity index (χ0v) is 8.98. The first-order chi connectivity index (χ1) is 7.79. The topological polar surface area (TPSA) is 49.3 Å². The highest BCUT2D eigenvalue weighted by Crippen LogP contribution is 2.23. The molecule has 0 saturated carbocycles. The van der Waals surface area contributed by atoms with Crippen LogP contribution in [0.5, 0.6) is 0 Å². The van der Waals surface area contributed by atoms with E-state index >= 15 is 0 Å². The minimum atomic E-state index is 0.479. The molecule has 1 aromatic heterocycles. The van der Waals surface area contributed by atoms with Crippen molar-refractivity contribution in [3.05, 3.63) is 52.9 Å². The molecule has 0 aliphatic carbocycles. The van der Waals surface area contributed by atoms with Crippen LogP contribution in [-0.2, 0) is 0 Å². The van der Waals surface area contributed by atoms with E-state index in [1.807, 2.05) is 6.07 Å². The summed E-state index contributed by atoms with van der Waals surface area (Å²) in [6.45, 7) is 0. The molecule has 0 aliphatic heterocycles. The van der Waals surface area contributed by atoms with Gasteiger partial charge in [-0.1, -0.05) is 11.6 Å². The second kappa shape index (κ2) is 4.65. The summed E-state index contributed by atoms with van der Waals surface area (Å²) in [6, 6.07) is 10.5. The first kappa shape index (κ1) is 10.5. The third kappa shape index (κ3) is 2.30. The molecule has 2 rings (SSSR count). The van der Waals surface area contributed by atoms with E-state index in [1.165, 1.54) is 0 Å². The largest absolute Gasteiger partial charge is 0.463 e. The maximum Gasteiger partial charge on any atom is 0.144 e. The van der Waals surface area contributed by atoms with Gasteiger partial charge in [0.1, 0.15) is 11.8 Å². The van der Waals surface area contributed by atoms with Gasteiger partial charge in [-0.3, -0.25) is 4.99 Å². The van der Waals surface area contributed by atoms with E-state index in [9.17, 15) is 0 Å². The summed E-state index contributed by atoms with van der Waals surface area (Å²) in [7, 11) is 0. The average Bonchev–Trinajstić information content (AvgIpc) is 2.79. The quantitative estimate of drug-likeness (QED) is 0.741. The fourth-order valence-electron chi connectivity index (χ4n) is 1.20. The molecule has 1 aromatic carbocycles. The monoisotopic (exact) mass is 230 g/mol. The molecule has 0 unspecified atom stereocenters. The second-order valence-corrected chi connectivity index (χ2v) is 3.48. The molecule has 16 heavy (non-hydrogen) atoms. The number of nitrogens with zero attached hydrogens (tertiary/aromatic N) is 2. The van der Waals surface area contributed by atoms with Gasteiger partial charge in [0.15, 0.2) is 0 Å². The van der Waals surface area contributed by atoms with Crippen LogP contribution >= 0.6 is 11.6 Å². The van der Waals surface area contributed by atoms with E-state index in [0.29, 0.717) is 22.0 Å². The number of hydrogen-bond donors (Lipinski definition) is 0. The lowest BCUT2D eigenvalue weighted by Crippen LogP contribution is -1.79. The maximum absolute atomic E-state index is 8.88. The molecule has 0 fully saturated rings. The Bertz CT molecular complexity index is 553. The van der Waals surface area contributed by atoms with Crippen molar-refractivity contribution >= 4 is 23.5 Å². The molecule has 0 N–H and O–H groups in total. The molecule has 78 valence electrons. The molecular weight excluding hydrogens is 224 g/mol. The van der Waals surface area contributed by atoms with Crippen LogP contribution in [0.2, 0.25) is 5.02 Å². The van der Waals surface area contributed by atoms with Crippen molar-refractivity contribution in [2.45, 2.75) is 0 Å². The van der Waals surface area contributed by atoms with Crippen molar-refractivity contribution < 1.29 is 4.42 Å². The van der Waals surface area contributed by atoms with Crippen molar-refractivity contribution in [3.8, 4) is 6.07 Å². The van der Waals surface area contributed by atoms with Crippen molar-refractivity contribution in [2.75, 3.05) is 0 Å². The van der Waals surface area contributed by atoms with Crippen LogP contribution in [0, 0.1) is 11.3 Å². The van der Waals surface area contributed by atoms with E-state index in [1.54, 1.807) is 42.8 Å². The molecule has 2 aromatic rings. The van der Waals surface area contributed by atoms with Gasteiger partial charge in [0.25, 0.3) is 0 Å². The Morgan fingerprint density at radius 2 is 2.25 bits per heavy atom. The Morgan fingerprint density at radius 1 is 1.38 bits per heavy atom. The van der Waals surface area contributed by atoms with Crippen LogP contribution in [0.25, 0.3) is 0 Å². The Kier molecular flexibility index (Phi) is 3.04. The Balaban J connectivity index is 2.34. The minimum Gasteiger partial charge on any atom is -0.463 e. The third-order valence-electron chi connectivity index (χ3n) is 1.95. The van der Waals surface area contributed by atoms with Crippen LogP contribution in [0.4, 0.5) is 5.69 Å². The van der Waals surface area contributed by atoms with Crippen molar-refractivity contribution in [1.29, 1.82) is 5.26 Å². The summed E-state index contributed by atoms with van der Waals surface area (Å²) in [4.78, 5) is 4.15. The van der Waals surface area contributed by atoms with E-state index in [0.717, 1.165) is 0 Å². The maximum atomic E-state index is 8.88. The zero-order chi connectivity index (χ0) is 11.4. The second-order valence-electron chi connectivity index (χ2n) is 3.05. The molecule has 0 saturated heterocycles. The summed E-state index contributed by atoms with van der Waals surface area (Å²) in [5.41, 5.74) is 1.01. The van der Waals surface area contributed by atoms with Crippen LogP contribution in [0.1, 0.15) is 11.3 Å². The lowest BCUT2D eigenvalue weighted by Gasteiger charge is -1.97. The smallest absolute Gasteiger partial charge is 0.144 e. The van der Waals surface area contributed by atoms with Gasteiger partial charge < -0.3 is 4.42 Å². The molecule has 0 atom stereocenters. The number of hydrogen-bond acceptors (Lipinski definition) is 3. The predicted molar refractivity (Wildman–Crippen MR) is 62.1 cm³/mol. The van der Waals surface area contributed by atoms with E-state index in [2.05, 4.69) is 4.99 Å². The number of furan rings is 1. The Labute approximate surface area is 97.6 Å². The molecule has 0 bridgehead atoms. The fraction of sp³-hybridized carbons (Fsp3) is 0. The highest BCUT2D eigenvalue weighted by atomic mass is 35.5. The van der Waals surface area contributed by atoms with Crippen molar-refractivity contribution in [1.82, 2.24) is 0 Å². The van der Waals surface area contributed by atoms with Crippen molar-refractivity contribution in [2.24, 2.45) is 4.99 Å². The van der Waals surface area contributed by atoms with Gasteiger partial charge in [0.05, 0.1) is 23.7 Å². The summed E-state index contributed by atoms with van der Waals surface area (Å²) in [6.07, 6.45) is 3.11. The summed E-state index contributed by atoms with van der Waals surface area (Å²) in [5, 5.41) is 9.42. The minimum absolute atomic E-state index is 0.479. The molecule has 0 radical (unpaired) electrons. The van der Waals surface area contributed by atoms with Gasteiger partial charge in [0.2, 0.25) is 0 Å². The van der Waals surface area contributed by atoms with Gasteiger partial charge in [-0.25, -0.2) is 0 Å². The van der Waals surface area contributed by atoms with Crippen LogP contribution in [-0.4, -0.2) is 6.21 Å². The van der Waals surface area contributed by atoms with Gasteiger partial charge in [0, 0.05) is 5.02 Å². The summed E-state index contributed by atoms with van der Waals surface area (Å²) in [5.74, 6) is 0.629. The fourth-order valence-corrected chi connectivity index (χ4v) is 1.37. The van der Waals surface area contributed by atoms with Crippen LogP contribution < -0.4 is 0 Å². The highest BCUT2D eigenvalue weighted by Gasteiger charge is 2.00. The molecule has 4 heteroatoms. The molecule has 1 heterocycles. The van der Waals surface area contributed by atoms with E-state index in [4.69, 9.17) is 21.3 Å². The summed E-state index contributed by atoms with van der Waals surface area (Å²) < 4.78 is 5.09. The molecule has 0 spiro atoms. The third-order valence-corrected chi connectivity index (χ3v) is 2.19. The van der Waals surface area contributed by atoms with Crippen LogP contribution in [0.15, 0.2) is 46.0 Å². The van der Waals surface area contributed by atoms with Gasteiger partial charge in [-0.15, -0.1) is 0 Å². The van der Waals surface area contributed by atoms with Gasteiger partial charge >= 0.3 is 0 Å². The van der Waals surface area contributed by atoms with E-state index < -0.39 is 0 Å². The van der Waals surface area contributed by atoms with E-state index in [-0.39, 0.29) is 0 Å². The molecule has 3 nitrogen and oxygen atoms in total. The standard InChI is InChI=1S/C12H7ClN2O/c13-10-4-3-9(7-14)12(6-10)15-8-11-2-1-5-16-11/h1-6,8H. The van der Waals surface area contributed by atoms with Crippen LogP contribution in [0.3, 0.4) is 0 Å². The van der Waals surface area contributed by atoms with Gasteiger partial charge in [-0.05, 0) is 30.3 Å². The highest BCUT2D eigenvalue weighted by molar-refractivity contribution is 6.30. The number of nitriles is 1. The van der Waals surface area contributed by atoms with Gasteiger partial charge in [-0.2, -0.15) is 5.26 Å².